The van der Waals surface area contributed by atoms with E-state index in [1.165, 1.54) is 6.07 Å². The van der Waals surface area contributed by atoms with Crippen LogP contribution in [0.5, 0.6) is 0 Å². The number of Topliss-reactive ketones (excluding diaryl/α,β-unsaturated/α-hetero) is 1. The number of carbonyl (C=O) groups excluding carboxylic acids is 2. The smallest absolute Gasteiger partial charge is 0.291 e. The molecule has 144 valence electrons. The molecule has 1 N–H and O–H groups in total. The number of carbonyl (C=O) groups is 2. The highest BCUT2D eigenvalue weighted by molar-refractivity contribution is 6.07. The van der Waals surface area contributed by atoms with Crippen molar-refractivity contribution in [3.8, 4) is 5.69 Å². The molecule has 0 saturated carbocycles. The fourth-order valence-electron chi connectivity index (χ4n) is 3.75. The molecular formula is C22H21FN2O3. The molecule has 0 atom stereocenters. The Hall–Kier alpha value is -3.15. The van der Waals surface area contributed by atoms with Crippen LogP contribution in [0.3, 0.4) is 0 Å². The lowest BCUT2D eigenvalue weighted by Gasteiger charge is -2.27. The first kappa shape index (κ1) is 18.2. The Morgan fingerprint density at radius 3 is 2.64 bits per heavy atom. The number of hydrogen-bond donors (Lipinski definition) is 1. The van der Waals surface area contributed by atoms with Crippen LogP contribution in [0, 0.1) is 18.2 Å². The number of amides is 1. The Bertz CT molecular complexity index is 1080. The van der Waals surface area contributed by atoms with E-state index >= 15 is 0 Å². The van der Waals surface area contributed by atoms with E-state index in [9.17, 15) is 14.0 Å². The molecule has 0 spiro atoms. The van der Waals surface area contributed by atoms with Gasteiger partial charge in [0, 0.05) is 36.5 Å². The van der Waals surface area contributed by atoms with Gasteiger partial charge in [0.1, 0.15) is 11.6 Å². The standard InChI is InChI=1S/C22H21FN2O3/c1-13-19-17(26)11-22(2,3)12-18(19)28-20(13)21(27)24-16-10-14(6-7-15(16)23)25-8-4-5-9-25/h4-10H,11-12H2,1-3H3,(H,24,27). The van der Waals surface area contributed by atoms with Gasteiger partial charge in [-0.2, -0.15) is 0 Å². The van der Waals surface area contributed by atoms with Crippen molar-refractivity contribution in [1.82, 2.24) is 4.57 Å². The third-order valence-corrected chi connectivity index (χ3v) is 5.08. The van der Waals surface area contributed by atoms with Gasteiger partial charge in [-0.05, 0) is 42.7 Å². The number of nitrogens with one attached hydrogen (secondary N) is 1. The van der Waals surface area contributed by atoms with Crippen LogP contribution >= 0.6 is 0 Å². The van der Waals surface area contributed by atoms with Gasteiger partial charge in [-0.15, -0.1) is 0 Å². The van der Waals surface area contributed by atoms with Gasteiger partial charge in [0.15, 0.2) is 11.5 Å². The SMILES string of the molecule is Cc1c(C(=O)Nc2cc(-n3cccc3)ccc2F)oc2c1C(=O)CC(C)(C)C2. The maximum atomic E-state index is 14.3. The Morgan fingerprint density at radius 2 is 1.93 bits per heavy atom. The van der Waals surface area contributed by atoms with E-state index in [0.717, 1.165) is 0 Å². The lowest BCUT2D eigenvalue weighted by atomic mass is 9.76. The number of fused-ring (bicyclic) bond motifs is 1. The zero-order valence-electron chi connectivity index (χ0n) is 16.0. The monoisotopic (exact) mass is 380 g/mol. The van der Waals surface area contributed by atoms with Crippen molar-refractivity contribution in [2.75, 3.05) is 5.32 Å². The summed E-state index contributed by atoms with van der Waals surface area (Å²) < 4.78 is 21.8. The summed E-state index contributed by atoms with van der Waals surface area (Å²) >= 11 is 0. The third-order valence-electron chi connectivity index (χ3n) is 5.08. The molecule has 2 aromatic heterocycles. The van der Waals surface area contributed by atoms with Crippen molar-refractivity contribution in [2.45, 2.75) is 33.6 Å². The summed E-state index contributed by atoms with van der Waals surface area (Å²) in [6.07, 6.45) is 4.66. The van der Waals surface area contributed by atoms with E-state index < -0.39 is 11.7 Å². The third kappa shape index (κ3) is 3.15. The summed E-state index contributed by atoms with van der Waals surface area (Å²) in [5.41, 5.74) is 1.56. The first-order chi connectivity index (χ1) is 13.2. The zero-order valence-corrected chi connectivity index (χ0v) is 16.0. The maximum Gasteiger partial charge on any atom is 0.291 e. The molecule has 1 amide bonds. The number of hydrogen-bond acceptors (Lipinski definition) is 3. The number of aromatic nitrogens is 1. The minimum atomic E-state index is -0.568. The van der Waals surface area contributed by atoms with Crippen molar-refractivity contribution in [1.29, 1.82) is 0 Å². The fourth-order valence-corrected chi connectivity index (χ4v) is 3.75. The lowest BCUT2D eigenvalue weighted by molar-refractivity contribution is 0.0898. The van der Waals surface area contributed by atoms with Crippen LogP contribution in [-0.2, 0) is 6.42 Å². The Labute approximate surface area is 162 Å². The normalized spacial score (nSPS) is 15.4. The lowest BCUT2D eigenvalue weighted by Crippen LogP contribution is -2.26. The Kier molecular flexibility index (Phi) is 4.22. The summed E-state index contributed by atoms with van der Waals surface area (Å²) in [5.74, 6) is -0.545. The molecule has 28 heavy (non-hydrogen) atoms. The molecule has 0 bridgehead atoms. The first-order valence-corrected chi connectivity index (χ1v) is 9.15. The topological polar surface area (TPSA) is 64.2 Å². The number of ketones is 1. The van der Waals surface area contributed by atoms with Crippen LogP contribution in [-0.4, -0.2) is 16.3 Å². The second kappa shape index (κ2) is 6.48. The van der Waals surface area contributed by atoms with Crippen LogP contribution in [0.1, 0.15) is 52.5 Å². The summed E-state index contributed by atoms with van der Waals surface area (Å²) in [6.45, 7) is 5.68. The molecule has 0 unspecified atom stereocenters. The van der Waals surface area contributed by atoms with E-state index in [-0.39, 0.29) is 22.6 Å². The van der Waals surface area contributed by atoms with E-state index in [4.69, 9.17) is 4.42 Å². The molecule has 0 aliphatic heterocycles. The summed E-state index contributed by atoms with van der Waals surface area (Å²) in [5, 5.41) is 2.58. The molecule has 1 aromatic carbocycles. The zero-order chi connectivity index (χ0) is 20.1. The van der Waals surface area contributed by atoms with E-state index in [1.807, 2.05) is 42.9 Å². The van der Waals surface area contributed by atoms with Crippen LogP contribution in [0.2, 0.25) is 0 Å². The Morgan fingerprint density at radius 1 is 1.21 bits per heavy atom. The van der Waals surface area contributed by atoms with Gasteiger partial charge >= 0.3 is 0 Å². The van der Waals surface area contributed by atoms with Gasteiger partial charge in [0.25, 0.3) is 5.91 Å². The average Bonchev–Trinajstić information content (AvgIpc) is 3.24. The molecule has 5 nitrogen and oxygen atoms in total. The second-order valence-electron chi connectivity index (χ2n) is 8.00. The number of anilines is 1. The van der Waals surface area contributed by atoms with Gasteiger partial charge in [0.2, 0.25) is 0 Å². The van der Waals surface area contributed by atoms with Gasteiger partial charge in [-0.1, -0.05) is 13.8 Å². The largest absolute Gasteiger partial charge is 0.455 e. The van der Waals surface area contributed by atoms with E-state index in [1.54, 1.807) is 19.1 Å². The van der Waals surface area contributed by atoms with Gasteiger partial charge < -0.3 is 14.3 Å². The number of nitrogens with zero attached hydrogens (tertiary/aromatic N) is 1. The summed E-state index contributed by atoms with van der Waals surface area (Å²) in [7, 11) is 0. The molecule has 6 heteroatoms. The van der Waals surface area contributed by atoms with Crippen molar-refractivity contribution in [2.24, 2.45) is 5.41 Å². The fraction of sp³-hybridized carbons (Fsp3) is 0.273. The molecule has 4 rings (SSSR count). The van der Waals surface area contributed by atoms with Crippen LogP contribution in [0.15, 0.2) is 47.1 Å². The maximum absolute atomic E-state index is 14.3. The number of halogens is 1. The van der Waals surface area contributed by atoms with Crippen LogP contribution < -0.4 is 5.32 Å². The molecule has 2 heterocycles. The number of rotatable bonds is 3. The van der Waals surface area contributed by atoms with Crippen molar-refractivity contribution in [3.05, 3.63) is 71.2 Å². The molecule has 3 aromatic rings. The second-order valence-corrected chi connectivity index (χ2v) is 8.00. The molecule has 1 aliphatic rings. The molecular weight excluding hydrogens is 359 g/mol. The summed E-state index contributed by atoms with van der Waals surface area (Å²) in [6, 6.07) is 8.20. The first-order valence-electron chi connectivity index (χ1n) is 9.15. The van der Waals surface area contributed by atoms with E-state index in [0.29, 0.717) is 35.4 Å². The minimum absolute atomic E-state index is 0.0210. The number of benzene rings is 1. The van der Waals surface area contributed by atoms with Crippen LogP contribution in [0.4, 0.5) is 10.1 Å². The highest BCUT2D eigenvalue weighted by atomic mass is 19.1. The van der Waals surface area contributed by atoms with Gasteiger partial charge in [-0.25, -0.2) is 4.39 Å². The quantitative estimate of drug-likeness (QED) is 0.701. The molecule has 0 saturated heterocycles. The van der Waals surface area contributed by atoms with Gasteiger partial charge in [-0.3, -0.25) is 9.59 Å². The van der Waals surface area contributed by atoms with E-state index in [2.05, 4.69) is 5.32 Å². The minimum Gasteiger partial charge on any atom is -0.455 e. The molecule has 0 radical (unpaired) electrons. The predicted molar refractivity (Wildman–Crippen MR) is 104 cm³/mol. The molecule has 1 aliphatic carbocycles. The van der Waals surface area contributed by atoms with Crippen molar-refractivity contribution >= 4 is 17.4 Å². The number of furan rings is 1. The highest BCUT2D eigenvalue weighted by Crippen LogP contribution is 2.38. The average molecular weight is 380 g/mol. The van der Waals surface area contributed by atoms with Crippen LogP contribution in [0.25, 0.3) is 5.69 Å². The highest BCUT2D eigenvalue weighted by Gasteiger charge is 2.37. The predicted octanol–water partition coefficient (Wildman–Crippen LogP) is 4.93. The molecule has 0 fully saturated rings. The van der Waals surface area contributed by atoms with Crippen molar-refractivity contribution in [3.63, 3.8) is 0 Å². The van der Waals surface area contributed by atoms with Crippen molar-refractivity contribution < 1.29 is 18.4 Å². The Balaban J connectivity index is 1.65. The van der Waals surface area contributed by atoms with Gasteiger partial charge in [0.05, 0.1) is 11.3 Å². The summed E-state index contributed by atoms with van der Waals surface area (Å²) in [4.78, 5) is 25.3.